The average Bonchev–Trinajstić information content (AvgIpc) is 2.15. The van der Waals surface area contributed by atoms with Crippen molar-refractivity contribution >= 4 is 21.7 Å². The summed E-state index contributed by atoms with van der Waals surface area (Å²) in [7, 11) is 1.54. The highest BCUT2D eigenvalue weighted by atomic mass is 79.9. The molecule has 0 bridgehead atoms. The minimum absolute atomic E-state index is 0.0159. The number of aryl methyl sites for hydroxylation is 1. The molecule has 0 amide bonds. The minimum atomic E-state index is -0.131. The predicted molar refractivity (Wildman–Crippen MR) is 58.8 cm³/mol. The molecule has 0 aliphatic heterocycles. The summed E-state index contributed by atoms with van der Waals surface area (Å²) in [5.41, 5.74) is 6.85. The number of nitrogens with two attached hydrogens (primary N) is 1. The lowest BCUT2D eigenvalue weighted by molar-refractivity contribution is 0.0997. The van der Waals surface area contributed by atoms with E-state index in [1.807, 2.05) is 19.1 Å². The van der Waals surface area contributed by atoms with Crippen molar-refractivity contribution in [1.29, 1.82) is 0 Å². The van der Waals surface area contributed by atoms with Crippen LogP contribution < -0.4 is 10.5 Å². The van der Waals surface area contributed by atoms with Crippen LogP contribution >= 0.6 is 15.9 Å². The highest BCUT2D eigenvalue weighted by molar-refractivity contribution is 9.10. The standard InChI is InChI=1S/C10H12BrNO2/c1-6-3-7(11)10(8(13)5-12)9(4-6)14-2/h3-4H,5,12H2,1-2H3. The molecule has 1 aromatic rings. The molecule has 4 heteroatoms. The molecule has 2 N–H and O–H groups in total. The molecule has 1 rings (SSSR count). The van der Waals surface area contributed by atoms with Crippen molar-refractivity contribution in [2.45, 2.75) is 6.92 Å². The number of halogens is 1. The van der Waals surface area contributed by atoms with Crippen LogP contribution in [0, 0.1) is 6.92 Å². The van der Waals surface area contributed by atoms with E-state index < -0.39 is 0 Å². The maximum Gasteiger partial charge on any atom is 0.181 e. The molecule has 0 atom stereocenters. The first kappa shape index (κ1) is 11.2. The van der Waals surface area contributed by atoms with Gasteiger partial charge in [0.2, 0.25) is 0 Å². The zero-order chi connectivity index (χ0) is 10.7. The molecular formula is C10H12BrNO2. The zero-order valence-corrected chi connectivity index (χ0v) is 9.72. The molecule has 0 saturated carbocycles. The normalized spacial score (nSPS) is 10.0. The molecule has 0 radical (unpaired) electrons. The van der Waals surface area contributed by atoms with Gasteiger partial charge in [-0.15, -0.1) is 0 Å². The number of rotatable bonds is 3. The molecule has 0 saturated heterocycles. The lowest BCUT2D eigenvalue weighted by atomic mass is 10.1. The van der Waals surface area contributed by atoms with E-state index in [0.29, 0.717) is 11.3 Å². The lowest BCUT2D eigenvalue weighted by Crippen LogP contribution is -2.15. The van der Waals surface area contributed by atoms with E-state index in [1.165, 1.54) is 7.11 Å². The summed E-state index contributed by atoms with van der Waals surface area (Å²) < 4.78 is 5.85. The zero-order valence-electron chi connectivity index (χ0n) is 8.13. The van der Waals surface area contributed by atoms with Crippen molar-refractivity contribution in [3.63, 3.8) is 0 Å². The number of ketones is 1. The van der Waals surface area contributed by atoms with Crippen molar-refractivity contribution in [2.75, 3.05) is 13.7 Å². The number of ether oxygens (including phenoxy) is 1. The molecule has 0 spiro atoms. The molecule has 0 fully saturated rings. The fourth-order valence-electron chi connectivity index (χ4n) is 1.24. The van der Waals surface area contributed by atoms with Gasteiger partial charge in [-0.25, -0.2) is 0 Å². The van der Waals surface area contributed by atoms with Crippen LogP contribution in [0.25, 0.3) is 0 Å². The fraction of sp³-hybridized carbons (Fsp3) is 0.300. The summed E-state index contributed by atoms with van der Waals surface area (Å²) in [4.78, 5) is 11.5. The Labute approximate surface area is 91.4 Å². The Hall–Kier alpha value is -0.870. The second kappa shape index (κ2) is 4.57. The maximum atomic E-state index is 11.5. The molecule has 76 valence electrons. The second-order valence-electron chi connectivity index (χ2n) is 2.95. The van der Waals surface area contributed by atoms with E-state index in [2.05, 4.69) is 15.9 Å². The van der Waals surface area contributed by atoms with Crippen LogP contribution in [0.4, 0.5) is 0 Å². The van der Waals surface area contributed by atoms with Crippen LogP contribution in [-0.2, 0) is 0 Å². The number of carbonyl (C=O) groups is 1. The van der Waals surface area contributed by atoms with Gasteiger partial charge in [0, 0.05) is 4.47 Å². The summed E-state index contributed by atoms with van der Waals surface area (Å²) in [5.74, 6) is 0.432. The molecule has 0 unspecified atom stereocenters. The molecular weight excluding hydrogens is 246 g/mol. The quantitative estimate of drug-likeness (QED) is 0.842. The van der Waals surface area contributed by atoms with Gasteiger partial charge >= 0.3 is 0 Å². The van der Waals surface area contributed by atoms with Gasteiger partial charge in [0.15, 0.2) is 5.78 Å². The molecule has 0 aromatic heterocycles. The SMILES string of the molecule is COc1cc(C)cc(Br)c1C(=O)CN. The van der Waals surface area contributed by atoms with Crippen molar-refractivity contribution in [3.8, 4) is 5.75 Å². The highest BCUT2D eigenvalue weighted by Crippen LogP contribution is 2.28. The van der Waals surface area contributed by atoms with E-state index >= 15 is 0 Å². The van der Waals surface area contributed by atoms with E-state index in [1.54, 1.807) is 0 Å². The Kier molecular flexibility index (Phi) is 3.66. The third-order valence-electron chi connectivity index (χ3n) is 1.88. The van der Waals surface area contributed by atoms with Crippen molar-refractivity contribution in [2.24, 2.45) is 5.73 Å². The van der Waals surface area contributed by atoms with E-state index in [4.69, 9.17) is 10.5 Å². The molecule has 0 heterocycles. The summed E-state index contributed by atoms with van der Waals surface area (Å²) in [6.07, 6.45) is 0. The molecule has 0 aliphatic rings. The first-order chi connectivity index (χ1) is 6.60. The van der Waals surface area contributed by atoms with Crippen LogP contribution in [0.2, 0.25) is 0 Å². The van der Waals surface area contributed by atoms with Gasteiger partial charge in [-0.05, 0) is 40.5 Å². The van der Waals surface area contributed by atoms with Crippen molar-refractivity contribution in [1.82, 2.24) is 0 Å². The molecule has 3 nitrogen and oxygen atoms in total. The van der Waals surface area contributed by atoms with Crippen LogP contribution in [-0.4, -0.2) is 19.4 Å². The first-order valence-electron chi connectivity index (χ1n) is 4.17. The van der Waals surface area contributed by atoms with Crippen molar-refractivity contribution < 1.29 is 9.53 Å². The van der Waals surface area contributed by atoms with Crippen LogP contribution in [0.1, 0.15) is 15.9 Å². The van der Waals surface area contributed by atoms with Gasteiger partial charge < -0.3 is 10.5 Å². The summed E-state index contributed by atoms with van der Waals surface area (Å²) >= 11 is 3.32. The van der Waals surface area contributed by atoms with Gasteiger partial charge in [-0.3, -0.25) is 4.79 Å². The number of methoxy groups -OCH3 is 1. The topological polar surface area (TPSA) is 52.3 Å². The van der Waals surface area contributed by atoms with E-state index in [9.17, 15) is 4.79 Å². The summed E-state index contributed by atoms with van der Waals surface area (Å²) in [6.45, 7) is 1.92. The predicted octanol–water partition coefficient (Wildman–Crippen LogP) is 1.91. The Balaban J connectivity index is 3.32. The monoisotopic (exact) mass is 257 g/mol. The van der Waals surface area contributed by atoms with E-state index in [-0.39, 0.29) is 12.3 Å². The number of hydrogen-bond donors (Lipinski definition) is 1. The van der Waals surface area contributed by atoms with Gasteiger partial charge in [0.25, 0.3) is 0 Å². The maximum absolute atomic E-state index is 11.5. The average molecular weight is 258 g/mol. The Morgan fingerprint density at radius 1 is 1.57 bits per heavy atom. The second-order valence-corrected chi connectivity index (χ2v) is 3.81. The molecule has 1 aromatic carbocycles. The Bertz CT molecular complexity index is 363. The fourth-order valence-corrected chi connectivity index (χ4v) is 2.02. The number of carbonyl (C=O) groups excluding carboxylic acids is 1. The van der Waals surface area contributed by atoms with Crippen LogP contribution in [0.5, 0.6) is 5.75 Å². The molecule has 0 aliphatic carbocycles. The molecule has 14 heavy (non-hydrogen) atoms. The van der Waals surface area contributed by atoms with Gasteiger partial charge in [-0.2, -0.15) is 0 Å². The number of Topliss-reactive ketones (excluding diaryl/α,β-unsaturated/α-hetero) is 1. The van der Waals surface area contributed by atoms with E-state index in [0.717, 1.165) is 10.0 Å². The summed E-state index contributed by atoms with van der Waals surface area (Å²) in [6, 6.07) is 3.68. The smallest absolute Gasteiger partial charge is 0.181 e. The van der Waals surface area contributed by atoms with Crippen LogP contribution in [0.3, 0.4) is 0 Å². The van der Waals surface area contributed by atoms with Crippen LogP contribution in [0.15, 0.2) is 16.6 Å². The van der Waals surface area contributed by atoms with Crippen molar-refractivity contribution in [3.05, 3.63) is 27.7 Å². The van der Waals surface area contributed by atoms with Gasteiger partial charge in [0.1, 0.15) is 5.75 Å². The summed E-state index contributed by atoms with van der Waals surface area (Å²) in [5, 5.41) is 0. The number of hydrogen-bond acceptors (Lipinski definition) is 3. The largest absolute Gasteiger partial charge is 0.496 e. The van der Waals surface area contributed by atoms with Gasteiger partial charge in [-0.1, -0.05) is 0 Å². The Morgan fingerprint density at radius 3 is 2.71 bits per heavy atom. The first-order valence-corrected chi connectivity index (χ1v) is 4.96. The van der Waals surface area contributed by atoms with Gasteiger partial charge in [0.05, 0.1) is 19.2 Å². The third kappa shape index (κ3) is 2.13. The minimum Gasteiger partial charge on any atom is -0.496 e. The lowest BCUT2D eigenvalue weighted by Gasteiger charge is -2.09. The highest BCUT2D eigenvalue weighted by Gasteiger charge is 2.15. The Morgan fingerprint density at radius 2 is 2.21 bits per heavy atom. The third-order valence-corrected chi connectivity index (χ3v) is 2.51. The number of benzene rings is 1.